The number of carbonyl (C=O) groups excluding carboxylic acids is 2. The van der Waals surface area contributed by atoms with Gasteiger partial charge >= 0.3 is 5.97 Å². The van der Waals surface area contributed by atoms with E-state index in [0.717, 1.165) is 24.2 Å². The molecule has 7 heteroatoms. The highest BCUT2D eigenvalue weighted by atomic mass is 35.5. The fourth-order valence-corrected chi connectivity index (χ4v) is 3.16. The summed E-state index contributed by atoms with van der Waals surface area (Å²) >= 11 is 5.88. The van der Waals surface area contributed by atoms with Gasteiger partial charge in [0.05, 0.1) is 12.7 Å². The third kappa shape index (κ3) is 5.92. The van der Waals surface area contributed by atoms with Gasteiger partial charge in [-0.25, -0.2) is 0 Å². The number of aryl methyl sites for hydroxylation is 1. The molecule has 1 amide bonds. The number of nitrogens with one attached hydrogen (secondary N) is 1. The molecule has 1 aliphatic carbocycles. The van der Waals surface area contributed by atoms with Crippen molar-refractivity contribution in [3.8, 4) is 11.8 Å². The van der Waals surface area contributed by atoms with E-state index in [9.17, 15) is 14.9 Å². The summed E-state index contributed by atoms with van der Waals surface area (Å²) in [5.41, 5.74) is 0.128. The standard InChI is InChI=1S/C19H23ClN2O4/c1-14-11-15(20)6-7-16(14)25-10-4-5-18(24)26-12-17(23)22-19(13-21)8-2-3-9-19/h6-7,11H,2-5,8-10,12H2,1H3,(H,22,23). The number of carbonyl (C=O) groups is 2. The molecule has 1 aliphatic rings. The van der Waals surface area contributed by atoms with Gasteiger partial charge in [0.1, 0.15) is 11.3 Å². The summed E-state index contributed by atoms with van der Waals surface area (Å²) in [7, 11) is 0. The van der Waals surface area contributed by atoms with Gasteiger partial charge in [0.2, 0.25) is 0 Å². The molecule has 0 aromatic heterocycles. The van der Waals surface area contributed by atoms with Crippen molar-refractivity contribution in [1.29, 1.82) is 5.26 Å². The van der Waals surface area contributed by atoms with Gasteiger partial charge in [0.15, 0.2) is 6.61 Å². The van der Waals surface area contributed by atoms with Gasteiger partial charge in [-0.05, 0) is 62.8 Å². The van der Waals surface area contributed by atoms with E-state index in [1.54, 1.807) is 12.1 Å². The Balaban J connectivity index is 1.63. The lowest BCUT2D eigenvalue weighted by atomic mass is 10.00. The second kappa shape index (κ2) is 9.44. The first-order valence-corrected chi connectivity index (χ1v) is 9.09. The molecule has 1 N–H and O–H groups in total. The lowest BCUT2D eigenvalue weighted by Crippen LogP contribution is -2.46. The lowest BCUT2D eigenvalue weighted by molar-refractivity contribution is -0.149. The number of nitriles is 1. The number of halogens is 1. The van der Waals surface area contributed by atoms with Crippen LogP contribution in [-0.4, -0.2) is 30.6 Å². The fourth-order valence-electron chi connectivity index (χ4n) is 2.94. The molecule has 0 bridgehead atoms. The van der Waals surface area contributed by atoms with Gasteiger partial charge in [-0.15, -0.1) is 0 Å². The minimum atomic E-state index is -0.798. The predicted octanol–water partition coefficient (Wildman–Crippen LogP) is 3.30. The van der Waals surface area contributed by atoms with E-state index in [-0.39, 0.29) is 13.0 Å². The van der Waals surface area contributed by atoms with Crippen molar-refractivity contribution in [3.05, 3.63) is 28.8 Å². The third-order valence-electron chi connectivity index (χ3n) is 4.33. The van der Waals surface area contributed by atoms with Crippen molar-refractivity contribution < 1.29 is 19.1 Å². The first-order valence-electron chi connectivity index (χ1n) is 8.71. The van der Waals surface area contributed by atoms with Crippen molar-refractivity contribution in [3.63, 3.8) is 0 Å². The molecule has 2 rings (SSSR count). The Morgan fingerprint density at radius 2 is 2.08 bits per heavy atom. The maximum absolute atomic E-state index is 11.9. The minimum Gasteiger partial charge on any atom is -0.493 e. The summed E-state index contributed by atoms with van der Waals surface area (Å²) in [6.07, 6.45) is 3.75. The lowest BCUT2D eigenvalue weighted by Gasteiger charge is -2.21. The number of esters is 1. The van der Waals surface area contributed by atoms with E-state index < -0.39 is 17.4 Å². The van der Waals surface area contributed by atoms with Gasteiger partial charge in [-0.3, -0.25) is 9.59 Å². The predicted molar refractivity (Wildman–Crippen MR) is 96.8 cm³/mol. The van der Waals surface area contributed by atoms with Crippen LogP contribution in [0.1, 0.15) is 44.1 Å². The average Bonchev–Trinajstić information content (AvgIpc) is 3.07. The Morgan fingerprint density at radius 1 is 1.35 bits per heavy atom. The number of amides is 1. The molecule has 0 heterocycles. The topological polar surface area (TPSA) is 88.4 Å². The molecule has 1 aromatic rings. The normalized spacial score (nSPS) is 15.1. The van der Waals surface area contributed by atoms with Crippen LogP contribution in [0.3, 0.4) is 0 Å². The highest BCUT2D eigenvalue weighted by Gasteiger charge is 2.35. The summed E-state index contributed by atoms with van der Waals surface area (Å²) in [5.74, 6) is -0.177. The highest BCUT2D eigenvalue weighted by Crippen LogP contribution is 2.28. The molecular formula is C19H23ClN2O4. The molecule has 1 saturated carbocycles. The zero-order chi connectivity index (χ0) is 19.0. The van der Waals surface area contributed by atoms with Crippen LogP contribution in [0.25, 0.3) is 0 Å². The molecule has 0 aliphatic heterocycles. The van der Waals surface area contributed by atoms with E-state index in [2.05, 4.69) is 11.4 Å². The second-order valence-corrected chi connectivity index (χ2v) is 6.91. The Labute approximate surface area is 158 Å². The number of rotatable bonds is 8. The molecule has 140 valence electrons. The van der Waals surface area contributed by atoms with Crippen molar-refractivity contribution >= 4 is 23.5 Å². The summed E-state index contributed by atoms with van der Waals surface area (Å²) in [6, 6.07) is 7.50. The molecule has 0 unspecified atom stereocenters. The van der Waals surface area contributed by atoms with Gasteiger partial charge in [-0.1, -0.05) is 11.6 Å². The molecule has 1 fully saturated rings. The highest BCUT2D eigenvalue weighted by molar-refractivity contribution is 6.30. The fraction of sp³-hybridized carbons (Fsp3) is 0.526. The van der Waals surface area contributed by atoms with Crippen LogP contribution in [0.4, 0.5) is 0 Å². The Bertz CT molecular complexity index is 693. The van der Waals surface area contributed by atoms with Crippen molar-refractivity contribution in [1.82, 2.24) is 5.32 Å². The van der Waals surface area contributed by atoms with Crippen LogP contribution in [-0.2, 0) is 14.3 Å². The van der Waals surface area contributed by atoms with Gasteiger partial charge in [-0.2, -0.15) is 5.26 Å². The summed E-state index contributed by atoms with van der Waals surface area (Å²) < 4.78 is 10.6. The molecule has 1 aromatic carbocycles. The van der Waals surface area contributed by atoms with E-state index >= 15 is 0 Å². The first-order chi connectivity index (χ1) is 12.4. The summed E-state index contributed by atoms with van der Waals surface area (Å²) in [5, 5.41) is 12.6. The molecule has 0 atom stereocenters. The van der Waals surface area contributed by atoms with Crippen molar-refractivity contribution in [2.24, 2.45) is 0 Å². The zero-order valence-electron chi connectivity index (χ0n) is 14.8. The first kappa shape index (κ1) is 20.1. The van der Waals surface area contributed by atoms with E-state index in [1.165, 1.54) is 0 Å². The van der Waals surface area contributed by atoms with Crippen molar-refractivity contribution in [2.45, 2.75) is 51.0 Å². The number of nitrogens with zero attached hydrogens (tertiary/aromatic N) is 1. The van der Waals surface area contributed by atoms with Crippen LogP contribution in [0.15, 0.2) is 18.2 Å². The van der Waals surface area contributed by atoms with Crippen LogP contribution >= 0.6 is 11.6 Å². The Morgan fingerprint density at radius 3 is 2.73 bits per heavy atom. The van der Waals surface area contributed by atoms with E-state index in [0.29, 0.717) is 30.9 Å². The SMILES string of the molecule is Cc1cc(Cl)ccc1OCCCC(=O)OCC(=O)NC1(C#N)CCCC1. The maximum atomic E-state index is 11.9. The smallest absolute Gasteiger partial charge is 0.306 e. The Kier molecular flexibility index (Phi) is 7.28. The molecule has 6 nitrogen and oxygen atoms in total. The second-order valence-electron chi connectivity index (χ2n) is 6.47. The summed E-state index contributed by atoms with van der Waals surface area (Å²) in [6.45, 7) is 1.90. The van der Waals surface area contributed by atoms with Crippen LogP contribution in [0.5, 0.6) is 5.75 Å². The largest absolute Gasteiger partial charge is 0.493 e. The van der Waals surface area contributed by atoms with Crippen LogP contribution in [0.2, 0.25) is 5.02 Å². The number of ether oxygens (including phenoxy) is 2. The molecule has 0 spiro atoms. The number of hydrogen-bond donors (Lipinski definition) is 1. The molecule has 0 saturated heterocycles. The van der Waals surface area contributed by atoms with E-state index in [1.807, 2.05) is 13.0 Å². The van der Waals surface area contributed by atoms with Gasteiger partial charge in [0.25, 0.3) is 5.91 Å². The van der Waals surface area contributed by atoms with Crippen LogP contribution < -0.4 is 10.1 Å². The quantitative estimate of drug-likeness (QED) is 0.553. The van der Waals surface area contributed by atoms with Crippen molar-refractivity contribution in [2.75, 3.05) is 13.2 Å². The van der Waals surface area contributed by atoms with E-state index in [4.69, 9.17) is 21.1 Å². The Hall–Kier alpha value is -2.26. The molecular weight excluding hydrogens is 356 g/mol. The zero-order valence-corrected chi connectivity index (χ0v) is 15.6. The average molecular weight is 379 g/mol. The number of benzene rings is 1. The minimum absolute atomic E-state index is 0.156. The summed E-state index contributed by atoms with van der Waals surface area (Å²) in [4.78, 5) is 23.6. The monoisotopic (exact) mass is 378 g/mol. The van der Waals surface area contributed by atoms with Gasteiger partial charge < -0.3 is 14.8 Å². The molecule has 0 radical (unpaired) electrons. The maximum Gasteiger partial charge on any atom is 0.306 e. The molecule has 26 heavy (non-hydrogen) atoms. The van der Waals surface area contributed by atoms with Gasteiger partial charge in [0, 0.05) is 11.4 Å². The van der Waals surface area contributed by atoms with Crippen LogP contribution in [0, 0.1) is 18.3 Å². The third-order valence-corrected chi connectivity index (χ3v) is 4.57. The number of hydrogen-bond acceptors (Lipinski definition) is 5.